The van der Waals surface area contributed by atoms with E-state index < -0.39 is 46.3 Å². The number of H-pyrrole nitrogens is 1. The summed E-state index contributed by atoms with van der Waals surface area (Å²) in [5.41, 5.74) is -5.46. The largest absolute Gasteiger partial charge is 0.437 e. The Hall–Kier alpha value is -3.97. The molecule has 2 aromatic heterocycles. The summed E-state index contributed by atoms with van der Waals surface area (Å²) in [5.74, 6) is -0.883. The summed E-state index contributed by atoms with van der Waals surface area (Å²) in [6.45, 7) is 0. The van der Waals surface area contributed by atoms with Gasteiger partial charge in [0.05, 0.1) is 22.2 Å². The van der Waals surface area contributed by atoms with Crippen molar-refractivity contribution in [2.45, 2.75) is 18.5 Å². The Bertz CT molecular complexity index is 1370. The van der Waals surface area contributed by atoms with Crippen LogP contribution in [0.25, 0.3) is 11.0 Å². The third-order valence-corrected chi connectivity index (χ3v) is 4.62. The summed E-state index contributed by atoms with van der Waals surface area (Å²) < 4.78 is 124. The molecule has 2 heterocycles. The second-order valence-corrected chi connectivity index (χ2v) is 7.11. The molecule has 0 saturated heterocycles. The molecular formula is C21H11F9N4O. The van der Waals surface area contributed by atoms with E-state index in [1.165, 1.54) is 24.4 Å². The summed E-state index contributed by atoms with van der Waals surface area (Å²) >= 11 is 0. The first-order chi connectivity index (χ1) is 16.2. The van der Waals surface area contributed by atoms with Gasteiger partial charge in [0.15, 0.2) is 0 Å². The fourth-order valence-corrected chi connectivity index (χ4v) is 3.10. The first-order valence-electron chi connectivity index (χ1n) is 9.47. The number of aromatic nitrogens is 3. The lowest BCUT2D eigenvalue weighted by molar-refractivity contribution is -0.142. The van der Waals surface area contributed by atoms with Gasteiger partial charge in [-0.1, -0.05) is 6.07 Å². The number of ether oxygens (including phenoxy) is 1. The molecular weight excluding hydrogens is 495 g/mol. The van der Waals surface area contributed by atoms with Crippen LogP contribution in [0.2, 0.25) is 0 Å². The van der Waals surface area contributed by atoms with Crippen molar-refractivity contribution in [2.24, 2.45) is 0 Å². The van der Waals surface area contributed by atoms with Gasteiger partial charge in [0.25, 0.3) is 0 Å². The third kappa shape index (κ3) is 5.25. The van der Waals surface area contributed by atoms with Gasteiger partial charge in [0, 0.05) is 6.20 Å². The van der Waals surface area contributed by atoms with Crippen molar-refractivity contribution in [3.63, 3.8) is 0 Å². The predicted molar refractivity (Wildman–Crippen MR) is 105 cm³/mol. The van der Waals surface area contributed by atoms with Crippen molar-refractivity contribution in [2.75, 3.05) is 5.32 Å². The second-order valence-electron chi connectivity index (χ2n) is 7.11. The smallest absolute Gasteiger partial charge is 0.418 e. The molecule has 35 heavy (non-hydrogen) atoms. The van der Waals surface area contributed by atoms with Crippen LogP contribution in [-0.4, -0.2) is 15.0 Å². The molecule has 0 fully saturated rings. The molecule has 0 unspecified atom stereocenters. The van der Waals surface area contributed by atoms with Crippen molar-refractivity contribution in [1.82, 2.24) is 15.0 Å². The molecule has 0 atom stereocenters. The quantitative estimate of drug-likeness (QED) is 0.281. The molecule has 0 saturated carbocycles. The predicted octanol–water partition coefficient (Wildman–Crippen LogP) is 7.55. The first kappa shape index (κ1) is 24.2. The molecule has 2 aromatic carbocycles. The van der Waals surface area contributed by atoms with Crippen LogP contribution in [0, 0.1) is 0 Å². The van der Waals surface area contributed by atoms with E-state index >= 15 is 0 Å². The minimum Gasteiger partial charge on any atom is -0.437 e. The van der Waals surface area contributed by atoms with Gasteiger partial charge in [-0.15, -0.1) is 0 Å². The Morgan fingerprint density at radius 2 is 1.49 bits per heavy atom. The fourth-order valence-electron chi connectivity index (χ4n) is 3.10. The highest BCUT2D eigenvalue weighted by atomic mass is 19.4. The Balaban J connectivity index is 1.70. The van der Waals surface area contributed by atoms with E-state index in [0.717, 1.165) is 12.1 Å². The number of alkyl halides is 9. The zero-order valence-electron chi connectivity index (χ0n) is 16.9. The van der Waals surface area contributed by atoms with E-state index in [1.807, 2.05) is 0 Å². The van der Waals surface area contributed by atoms with Gasteiger partial charge in [-0.2, -0.15) is 39.5 Å². The van der Waals surface area contributed by atoms with Gasteiger partial charge < -0.3 is 15.0 Å². The Labute approximate surface area is 189 Å². The van der Waals surface area contributed by atoms with Gasteiger partial charge in [-0.3, -0.25) is 0 Å². The zero-order chi connectivity index (χ0) is 25.6. The second kappa shape index (κ2) is 8.36. The number of anilines is 2. The van der Waals surface area contributed by atoms with E-state index in [4.69, 9.17) is 4.74 Å². The molecule has 0 amide bonds. The standard InChI is InChI=1S/C21H11F9N4O/c22-19(23,24)10-3-1-4-12(7-10)35-17-14(5-2-6-31-17)32-18-33-15-9-11(20(25,26)27)8-13(16(15)34-18)21(28,29)30/h1-9H,(H2,32,33,34). The Kier molecular flexibility index (Phi) is 5.77. The van der Waals surface area contributed by atoms with Crippen LogP contribution in [0.1, 0.15) is 16.7 Å². The maximum absolute atomic E-state index is 13.4. The number of hydrogen-bond donors (Lipinski definition) is 2. The van der Waals surface area contributed by atoms with Crippen LogP contribution in [-0.2, 0) is 18.5 Å². The lowest BCUT2D eigenvalue weighted by Crippen LogP contribution is -2.11. The van der Waals surface area contributed by atoms with Crippen molar-refractivity contribution in [3.05, 3.63) is 71.4 Å². The van der Waals surface area contributed by atoms with Crippen molar-refractivity contribution >= 4 is 22.7 Å². The number of imidazole rings is 1. The summed E-state index contributed by atoms with van der Waals surface area (Å²) in [6.07, 6.45) is -13.6. The Morgan fingerprint density at radius 1 is 0.771 bits per heavy atom. The zero-order valence-corrected chi connectivity index (χ0v) is 16.9. The highest BCUT2D eigenvalue weighted by Gasteiger charge is 2.39. The maximum Gasteiger partial charge on any atom is 0.418 e. The van der Waals surface area contributed by atoms with Gasteiger partial charge in [0.2, 0.25) is 11.8 Å². The van der Waals surface area contributed by atoms with E-state index in [-0.39, 0.29) is 29.3 Å². The van der Waals surface area contributed by atoms with Crippen molar-refractivity contribution in [1.29, 1.82) is 0 Å². The molecule has 2 N–H and O–H groups in total. The highest BCUT2D eigenvalue weighted by molar-refractivity contribution is 5.83. The lowest BCUT2D eigenvalue weighted by atomic mass is 10.1. The molecule has 184 valence electrons. The molecule has 0 bridgehead atoms. The molecule has 5 nitrogen and oxygen atoms in total. The summed E-state index contributed by atoms with van der Waals surface area (Å²) in [7, 11) is 0. The van der Waals surface area contributed by atoms with Crippen LogP contribution >= 0.6 is 0 Å². The Morgan fingerprint density at radius 3 is 2.14 bits per heavy atom. The maximum atomic E-state index is 13.4. The molecule has 0 aliphatic heterocycles. The number of nitrogens with one attached hydrogen (secondary N) is 2. The minimum atomic E-state index is -5.13. The minimum absolute atomic E-state index is 0.0337. The average molecular weight is 506 g/mol. The van der Waals surface area contributed by atoms with Gasteiger partial charge >= 0.3 is 18.5 Å². The number of aromatic amines is 1. The van der Waals surface area contributed by atoms with E-state index in [9.17, 15) is 39.5 Å². The highest BCUT2D eigenvalue weighted by Crippen LogP contribution is 2.40. The molecule has 0 aliphatic rings. The van der Waals surface area contributed by atoms with Crippen LogP contribution in [0.5, 0.6) is 11.6 Å². The number of benzene rings is 2. The number of rotatable bonds is 4. The molecule has 0 spiro atoms. The van der Waals surface area contributed by atoms with Crippen LogP contribution in [0.15, 0.2) is 54.7 Å². The van der Waals surface area contributed by atoms with Crippen LogP contribution in [0.4, 0.5) is 51.1 Å². The van der Waals surface area contributed by atoms with Crippen LogP contribution < -0.4 is 10.1 Å². The average Bonchev–Trinajstić information content (AvgIpc) is 3.15. The van der Waals surface area contributed by atoms with E-state index in [0.29, 0.717) is 12.1 Å². The summed E-state index contributed by atoms with van der Waals surface area (Å²) in [5, 5.41) is 2.54. The number of fused-ring (bicyclic) bond motifs is 1. The van der Waals surface area contributed by atoms with Gasteiger partial charge in [-0.05, 0) is 42.5 Å². The molecule has 4 rings (SSSR count). The number of pyridine rings is 1. The topological polar surface area (TPSA) is 62.8 Å². The lowest BCUT2D eigenvalue weighted by Gasteiger charge is -2.12. The fraction of sp³-hybridized carbons (Fsp3) is 0.143. The summed E-state index contributed by atoms with van der Waals surface area (Å²) in [6, 6.07) is 7.01. The normalized spacial score (nSPS) is 12.7. The first-order valence-corrected chi connectivity index (χ1v) is 9.47. The van der Waals surface area contributed by atoms with Crippen molar-refractivity contribution in [3.8, 4) is 11.6 Å². The third-order valence-electron chi connectivity index (χ3n) is 4.62. The van der Waals surface area contributed by atoms with E-state index in [1.54, 1.807) is 0 Å². The number of nitrogens with zero attached hydrogens (tertiary/aromatic N) is 2. The van der Waals surface area contributed by atoms with Gasteiger partial charge in [-0.25, -0.2) is 9.97 Å². The molecule has 14 heteroatoms. The number of hydrogen-bond acceptors (Lipinski definition) is 4. The van der Waals surface area contributed by atoms with E-state index in [2.05, 4.69) is 20.3 Å². The molecule has 4 aromatic rings. The monoisotopic (exact) mass is 506 g/mol. The molecule has 0 aliphatic carbocycles. The SMILES string of the molecule is FC(F)(F)c1cccc(Oc2ncccc2Nc2nc3c(C(F)(F)F)cc(C(F)(F)F)cc3[nH]2)c1. The number of halogens is 9. The summed E-state index contributed by atoms with van der Waals surface area (Å²) in [4.78, 5) is 9.92. The molecule has 0 radical (unpaired) electrons. The van der Waals surface area contributed by atoms with Crippen molar-refractivity contribution < 1.29 is 44.3 Å². The van der Waals surface area contributed by atoms with Crippen LogP contribution in [0.3, 0.4) is 0 Å². The van der Waals surface area contributed by atoms with Gasteiger partial charge in [0.1, 0.15) is 17.0 Å².